The van der Waals surface area contributed by atoms with Crippen LogP contribution >= 0.6 is 0 Å². The summed E-state index contributed by atoms with van der Waals surface area (Å²) in [5.74, 6) is 0.936. The Morgan fingerprint density at radius 2 is 1.94 bits per heavy atom. The van der Waals surface area contributed by atoms with Gasteiger partial charge in [0.2, 0.25) is 5.91 Å². The predicted molar refractivity (Wildman–Crippen MR) is 132 cm³/mol. The van der Waals surface area contributed by atoms with Crippen LogP contribution in [0.4, 0.5) is 5.69 Å². The summed E-state index contributed by atoms with van der Waals surface area (Å²) in [6, 6.07) is 19.0. The van der Waals surface area contributed by atoms with E-state index in [1.165, 1.54) is 5.56 Å². The summed E-state index contributed by atoms with van der Waals surface area (Å²) in [5.41, 5.74) is 3.27. The van der Waals surface area contributed by atoms with Gasteiger partial charge in [-0.1, -0.05) is 49.4 Å². The SMILES string of the molecule is CCCC(=O)Nc1cccc(CNC(=NC)N2CC3OCCN(Cc4ccccc4)C3C2)c1. The first-order chi connectivity index (χ1) is 16.2. The zero-order valence-electron chi connectivity index (χ0n) is 19.7. The molecule has 2 saturated heterocycles. The number of nitrogens with zero attached hydrogens (tertiary/aromatic N) is 3. The van der Waals surface area contributed by atoms with Gasteiger partial charge in [-0.3, -0.25) is 14.7 Å². The first kappa shape index (κ1) is 23.3. The molecule has 1 amide bonds. The van der Waals surface area contributed by atoms with Crippen LogP contribution in [0.5, 0.6) is 0 Å². The van der Waals surface area contributed by atoms with Gasteiger partial charge in [0.05, 0.1) is 18.8 Å². The Hall–Kier alpha value is -2.90. The van der Waals surface area contributed by atoms with Gasteiger partial charge < -0.3 is 20.3 Å². The summed E-state index contributed by atoms with van der Waals surface area (Å²) in [4.78, 5) is 21.3. The van der Waals surface area contributed by atoms with Crippen molar-refractivity contribution in [2.45, 2.75) is 45.0 Å². The van der Waals surface area contributed by atoms with Crippen molar-refractivity contribution in [3.05, 3.63) is 65.7 Å². The number of likely N-dealkylation sites (tertiary alicyclic amines) is 1. The maximum Gasteiger partial charge on any atom is 0.224 e. The van der Waals surface area contributed by atoms with E-state index in [0.717, 1.165) is 56.4 Å². The van der Waals surface area contributed by atoms with E-state index in [0.29, 0.717) is 19.0 Å². The number of carbonyl (C=O) groups is 1. The van der Waals surface area contributed by atoms with Crippen LogP contribution in [-0.4, -0.2) is 67.1 Å². The van der Waals surface area contributed by atoms with Crippen molar-refractivity contribution in [3.8, 4) is 0 Å². The third-order valence-corrected chi connectivity index (χ3v) is 6.29. The van der Waals surface area contributed by atoms with Crippen LogP contribution in [0.15, 0.2) is 59.6 Å². The van der Waals surface area contributed by atoms with Gasteiger partial charge in [-0.2, -0.15) is 0 Å². The summed E-state index contributed by atoms with van der Waals surface area (Å²) in [6.07, 6.45) is 1.57. The molecule has 0 spiro atoms. The Balaban J connectivity index is 1.35. The maximum absolute atomic E-state index is 11.9. The van der Waals surface area contributed by atoms with Crippen molar-refractivity contribution in [2.24, 2.45) is 4.99 Å². The lowest BCUT2D eigenvalue weighted by Crippen LogP contribution is -2.50. The predicted octanol–water partition coefficient (Wildman–Crippen LogP) is 3.09. The molecule has 7 nitrogen and oxygen atoms in total. The van der Waals surface area contributed by atoms with E-state index in [4.69, 9.17) is 4.74 Å². The van der Waals surface area contributed by atoms with E-state index >= 15 is 0 Å². The van der Waals surface area contributed by atoms with Crippen LogP contribution in [0.1, 0.15) is 30.9 Å². The van der Waals surface area contributed by atoms with Gasteiger partial charge in [0.1, 0.15) is 0 Å². The fourth-order valence-electron chi connectivity index (χ4n) is 4.67. The normalized spacial score (nSPS) is 21.0. The Morgan fingerprint density at radius 3 is 2.73 bits per heavy atom. The molecule has 0 radical (unpaired) electrons. The zero-order chi connectivity index (χ0) is 23.0. The molecular weight excluding hydrogens is 414 g/mol. The van der Waals surface area contributed by atoms with E-state index in [9.17, 15) is 4.79 Å². The standard InChI is InChI=1S/C26H35N5O2/c1-3-8-25(32)29-22-12-7-11-21(15-22)16-28-26(27-2)31-18-23-24(19-31)33-14-13-30(23)17-20-9-5-4-6-10-20/h4-7,9-12,15,23-24H,3,8,13-14,16-19H2,1-2H3,(H,27,28)(H,29,32). The number of benzene rings is 2. The van der Waals surface area contributed by atoms with Crippen LogP contribution in [0.2, 0.25) is 0 Å². The number of guanidine groups is 1. The maximum atomic E-state index is 11.9. The number of aliphatic imine (C=N–C) groups is 1. The summed E-state index contributed by atoms with van der Waals surface area (Å²) in [5, 5.41) is 6.47. The highest BCUT2D eigenvalue weighted by molar-refractivity contribution is 5.90. The molecule has 2 fully saturated rings. The molecule has 0 aliphatic carbocycles. The van der Waals surface area contributed by atoms with Gasteiger partial charge >= 0.3 is 0 Å². The van der Waals surface area contributed by atoms with Crippen LogP contribution < -0.4 is 10.6 Å². The summed E-state index contributed by atoms with van der Waals surface area (Å²) in [6.45, 7) is 7.04. The van der Waals surface area contributed by atoms with Gasteiger partial charge in [-0.15, -0.1) is 0 Å². The van der Waals surface area contributed by atoms with Crippen LogP contribution in [-0.2, 0) is 22.6 Å². The highest BCUT2D eigenvalue weighted by Gasteiger charge is 2.41. The molecule has 2 aromatic rings. The molecule has 2 aliphatic rings. The van der Waals surface area contributed by atoms with Crippen molar-refractivity contribution in [3.63, 3.8) is 0 Å². The zero-order valence-corrected chi connectivity index (χ0v) is 19.7. The number of amides is 1. The molecule has 2 aromatic carbocycles. The second kappa shape index (κ2) is 11.3. The second-order valence-electron chi connectivity index (χ2n) is 8.74. The minimum absolute atomic E-state index is 0.0538. The molecule has 176 valence electrons. The monoisotopic (exact) mass is 449 g/mol. The van der Waals surface area contributed by atoms with E-state index in [1.54, 1.807) is 0 Å². The molecule has 4 rings (SSSR count). The second-order valence-corrected chi connectivity index (χ2v) is 8.74. The van der Waals surface area contributed by atoms with E-state index in [1.807, 2.05) is 32.2 Å². The molecule has 2 atom stereocenters. The smallest absolute Gasteiger partial charge is 0.224 e. The van der Waals surface area contributed by atoms with Crippen molar-refractivity contribution >= 4 is 17.6 Å². The average molecular weight is 450 g/mol. The minimum Gasteiger partial charge on any atom is -0.373 e. The average Bonchev–Trinajstić information content (AvgIpc) is 3.26. The lowest BCUT2D eigenvalue weighted by Gasteiger charge is -2.36. The minimum atomic E-state index is 0.0538. The molecule has 0 aromatic heterocycles. The number of nitrogens with one attached hydrogen (secondary N) is 2. The number of rotatable bonds is 7. The van der Waals surface area contributed by atoms with E-state index < -0.39 is 0 Å². The number of carbonyl (C=O) groups excluding carboxylic acids is 1. The molecule has 0 saturated carbocycles. The summed E-state index contributed by atoms with van der Waals surface area (Å²) < 4.78 is 6.12. The highest BCUT2D eigenvalue weighted by atomic mass is 16.5. The Bertz CT molecular complexity index is 949. The number of anilines is 1. The Kier molecular flexibility index (Phi) is 7.96. The number of hydrogen-bond donors (Lipinski definition) is 2. The van der Waals surface area contributed by atoms with Crippen LogP contribution in [0, 0.1) is 0 Å². The van der Waals surface area contributed by atoms with Gasteiger partial charge in [0.25, 0.3) is 0 Å². The molecule has 2 N–H and O–H groups in total. The topological polar surface area (TPSA) is 69.2 Å². The summed E-state index contributed by atoms with van der Waals surface area (Å²) >= 11 is 0. The molecule has 2 unspecified atom stereocenters. The number of ether oxygens (including phenoxy) is 1. The fraction of sp³-hybridized carbons (Fsp3) is 0.462. The fourth-order valence-corrected chi connectivity index (χ4v) is 4.67. The lowest BCUT2D eigenvalue weighted by atomic mass is 10.1. The van der Waals surface area contributed by atoms with Gasteiger partial charge in [0.15, 0.2) is 5.96 Å². The molecule has 7 heteroatoms. The Labute approximate surface area is 196 Å². The van der Waals surface area contributed by atoms with Crippen LogP contribution in [0.25, 0.3) is 0 Å². The van der Waals surface area contributed by atoms with Crippen LogP contribution in [0.3, 0.4) is 0 Å². The third kappa shape index (κ3) is 6.12. The molecule has 2 aliphatic heterocycles. The first-order valence-corrected chi connectivity index (χ1v) is 11.9. The van der Waals surface area contributed by atoms with Gasteiger partial charge in [-0.05, 0) is 29.7 Å². The van der Waals surface area contributed by atoms with Gasteiger partial charge in [0, 0.05) is 51.9 Å². The quantitative estimate of drug-likeness (QED) is 0.502. The molecule has 2 heterocycles. The number of morpholine rings is 1. The Morgan fingerprint density at radius 1 is 1.12 bits per heavy atom. The van der Waals surface area contributed by atoms with Crippen molar-refractivity contribution in [1.82, 2.24) is 15.1 Å². The molecule has 33 heavy (non-hydrogen) atoms. The first-order valence-electron chi connectivity index (χ1n) is 11.9. The largest absolute Gasteiger partial charge is 0.373 e. The third-order valence-electron chi connectivity index (χ3n) is 6.29. The van der Waals surface area contributed by atoms with E-state index in [2.05, 4.69) is 61.8 Å². The van der Waals surface area contributed by atoms with Gasteiger partial charge in [-0.25, -0.2) is 0 Å². The summed E-state index contributed by atoms with van der Waals surface area (Å²) in [7, 11) is 1.83. The number of fused-ring (bicyclic) bond motifs is 1. The molecular formula is C26H35N5O2. The van der Waals surface area contributed by atoms with Crippen molar-refractivity contribution in [2.75, 3.05) is 38.6 Å². The van der Waals surface area contributed by atoms with E-state index in [-0.39, 0.29) is 12.0 Å². The molecule has 0 bridgehead atoms. The van der Waals surface area contributed by atoms with Crippen molar-refractivity contribution in [1.29, 1.82) is 0 Å². The highest BCUT2D eigenvalue weighted by Crippen LogP contribution is 2.25. The number of hydrogen-bond acceptors (Lipinski definition) is 4. The van der Waals surface area contributed by atoms with Crippen molar-refractivity contribution < 1.29 is 9.53 Å². The lowest BCUT2D eigenvalue weighted by molar-refractivity contribution is -0.116.